The van der Waals surface area contributed by atoms with Crippen LogP contribution < -0.4 is 5.32 Å². The van der Waals surface area contributed by atoms with Crippen molar-refractivity contribution in [3.63, 3.8) is 0 Å². The zero-order valence-corrected chi connectivity index (χ0v) is 17.8. The topological polar surface area (TPSA) is 65.5 Å². The van der Waals surface area contributed by atoms with Crippen LogP contribution in [-0.2, 0) is 30.7 Å². The number of nitrogens with one attached hydrogen (secondary N) is 1. The minimum atomic E-state index is -0.495. The Labute approximate surface area is 170 Å². The van der Waals surface area contributed by atoms with Crippen LogP contribution in [0.1, 0.15) is 45.9 Å². The number of hydrogen-bond donors (Lipinski definition) is 1. The Bertz CT molecular complexity index is 847. The molecule has 0 fully saturated rings. The fourth-order valence-electron chi connectivity index (χ4n) is 3.43. The summed E-state index contributed by atoms with van der Waals surface area (Å²) in [6, 6.07) is 3.75. The molecule has 7 heteroatoms. The first kappa shape index (κ1) is 20.5. The average molecular weight is 401 g/mol. The number of likely N-dealkylation sites (N-methyl/N-ethyl adjacent to an activating group) is 2. The largest absolute Gasteiger partial charge is 0.357 e. The van der Waals surface area contributed by atoms with E-state index in [1.54, 1.807) is 32.4 Å². The molecule has 0 spiro atoms. The molecule has 2 aromatic rings. The van der Waals surface area contributed by atoms with Crippen molar-refractivity contribution in [2.75, 3.05) is 20.6 Å². The number of thiophene rings is 1. The summed E-state index contributed by atoms with van der Waals surface area (Å²) < 4.78 is 0. The quantitative estimate of drug-likeness (QED) is 0.809. The third-order valence-corrected chi connectivity index (χ3v) is 6.48. The second kappa shape index (κ2) is 8.84. The minimum Gasteiger partial charge on any atom is -0.357 e. The van der Waals surface area contributed by atoms with Crippen molar-refractivity contribution in [1.29, 1.82) is 0 Å². The van der Waals surface area contributed by atoms with Gasteiger partial charge >= 0.3 is 0 Å². The van der Waals surface area contributed by atoms with E-state index in [0.29, 0.717) is 0 Å². The number of carbonyl (C=O) groups is 2. The third kappa shape index (κ3) is 4.25. The van der Waals surface area contributed by atoms with Gasteiger partial charge in [-0.2, -0.15) is 0 Å². The van der Waals surface area contributed by atoms with Gasteiger partial charge < -0.3 is 10.2 Å². The zero-order chi connectivity index (χ0) is 20.3. The molecule has 2 amide bonds. The molecule has 1 N–H and O–H groups in total. The highest BCUT2D eigenvalue weighted by atomic mass is 32.1. The number of rotatable bonds is 6. The second-order valence-corrected chi connectivity index (χ2v) is 8.19. The van der Waals surface area contributed by atoms with E-state index < -0.39 is 6.04 Å². The SMILES string of the molecule is CCc1ccc(CN2CCc3c(C(=O)N(C)[C@H](C)C(=O)NC)csc3C2)nc1. The Morgan fingerprint density at radius 1 is 1.39 bits per heavy atom. The predicted octanol–water partition coefficient (Wildman–Crippen LogP) is 2.47. The lowest BCUT2D eigenvalue weighted by atomic mass is 10.0. The number of carbonyl (C=O) groups excluding carboxylic acids is 2. The molecule has 0 bridgehead atoms. The van der Waals surface area contributed by atoms with Gasteiger partial charge in [0, 0.05) is 50.2 Å². The number of pyridine rings is 1. The van der Waals surface area contributed by atoms with Gasteiger partial charge in [-0.3, -0.25) is 19.5 Å². The van der Waals surface area contributed by atoms with Gasteiger partial charge in [0.15, 0.2) is 0 Å². The van der Waals surface area contributed by atoms with E-state index >= 15 is 0 Å². The molecular weight excluding hydrogens is 372 g/mol. The number of aromatic nitrogens is 1. The van der Waals surface area contributed by atoms with Crippen molar-refractivity contribution in [1.82, 2.24) is 20.1 Å². The molecule has 150 valence electrons. The number of aryl methyl sites for hydroxylation is 1. The predicted molar refractivity (Wildman–Crippen MR) is 111 cm³/mol. The molecule has 0 saturated carbocycles. The van der Waals surface area contributed by atoms with E-state index in [4.69, 9.17) is 0 Å². The van der Waals surface area contributed by atoms with Crippen molar-refractivity contribution in [2.24, 2.45) is 0 Å². The highest BCUT2D eigenvalue weighted by Crippen LogP contribution is 2.30. The minimum absolute atomic E-state index is 0.0844. The van der Waals surface area contributed by atoms with Gasteiger partial charge in [-0.15, -0.1) is 11.3 Å². The molecule has 1 atom stereocenters. The van der Waals surface area contributed by atoms with Crippen LogP contribution in [0.15, 0.2) is 23.7 Å². The van der Waals surface area contributed by atoms with Gasteiger partial charge in [0.25, 0.3) is 5.91 Å². The lowest BCUT2D eigenvalue weighted by Crippen LogP contribution is -2.45. The first-order valence-corrected chi connectivity index (χ1v) is 10.6. The maximum Gasteiger partial charge on any atom is 0.255 e. The molecule has 1 aliphatic heterocycles. The Hall–Kier alpha value is -2.25. The van der Waals surface area contributed by atoms with Crippen molar-refractivity contribution >= 4 is 23.2 Å². The van der Waals surface area contributed by atoms with E-state index in [1.807, 2.05) is 11.6 Å². The van der Waals surface area contributed by atoms with Crippen molar-refractivity contribution in [2.45, 2.75) is 45.8 Å². The molecule has 28 heavy (non-hydrogen) atoms. The van der Waals surface area contributed by atoms with E-state index in [-0.39, 0.29) is 11.8 Å². The van der Waals surface area contributed by atoms with Gasteiger partial charge in [0.1, 0.15) is 6.04 Å². The van der Waals surface area contributed by atoms with E-state index in [9.17, 15) is 9.59 Å². The van der Waals surface area contributed by atoms with Crippen LogP contribution in [0.4, 0.5) is 0 Å². The molecule has 3 rings (SSSR count). The van der Waals surface area contributed by atoms with Crippen molar-refractivity contribution in [3.8, 4) is 0 Å². The first-order chi connectivity index (χ1) is 13.4. The number of fused-ring (bicyclic) bond motifs is 1. The molecule has 0 aromatic carbocycles. The van der Waals surface area contributed by atoms with Gasteiger partial charge in [0.2, 0.25) is 5.91 Å². The van der Waals surface area contributed by atoms with Crippen molar-refractivity contribution in [3.05, 3.63) is 51.0 Å². The average Bonchev–Trinajstić information content (AvgIpc) is 3.15. The summed E-state index contributed by atoms with van der Waals surface area (Å²) in [6.45, 7) is 6.42. The highest BCUT2D eigenvalue weighted by Gasteiger charge is 2.28. The lowest BCUT2D eigenvalue weighted by Gasteiger charge is -2.28. The Morgan fingerprint density at radius 2 is 2.18 bits per heavy atom. The summed E-state index contributed by atoms with van der Waals surface area (Å²) in [7, 11) is 3.27. The van der Waals surface area contributed by atoms with Crippen molar-refractivity contribution < 1.29 is 9.59 Å². The lowest BCUT2D eigenvalue weighted by molar-refractivity contribution is -0.124. The van der Waals surface area contributed by atoms with Gasteiger partial charge in [-0.25, -0.2) is 0 Å². The molecule has 0 saturated heterocycles. The molecular formula is C21H28N4O2S. The van der Waals surface area contributed by atoms with Crippen LogP contribution in [0.5, 0.6) is 0 Å². The van der Waals surface area contributed by atoms with Crippen LogP contribution in [0, 0.1) is 0 Å². The number of nitrogens with zero attached hydrogens (tertiary/aromatic N) is 3. The maximum atomic E-state index is 12.9. The van der Waals surface area contributed by atoms with Gasteiger partial charge in [-0.05, 0) is 37.0 Å². The highest BCUT2D eigenvalue weighted by molar-refractivity contribution is 7.10. The summed E-state index contributed by atoms with van der Waals surface area (Å²) in [5.41, 5.74) is 4.20. The smallest absolute Gasteiger partial charge is 0.255 e. The number of amides is 2. The number of hydrogen-bond acceptors (Lipinski definition) is 5. The van der Waals surface area contributed by atoms with E-state index in [0.717, 1.165) is 49.3 Å². The van der Waals surface area contributed by atoms with Crippen LogP contribution in [0.25, 0.3) is 0 Å². The van der Waals surface area contributed by atoms with Crippen LogP contribution >= 0.6 is 11.3 Å². The molecule has 1 aliphatic rings. The van der Waals surface area contributed by atoms with E-state index in [2.05, 4.69) is 34.3 Å². The first-order valence-electron chi connectivity index (χ1n) is 9.68. The Kier molecular flexibility index (Phi) is 6.46. The monoisotopic (exact) mass is 400 g/mol. The van der Waals surface area contributed by atoms with Crippen LogP contribution in [-0.4, -0.2) is 53.3 Å². The van der Waals surface area contributed by atoms with Crippen LogP contribution in [0.2, 0.25) is 0 Å². The summed E-state index contributed by atoms with van der Waals surface area (Å²) >= 11 is 1.63. The summed E-state index contributed by atoms with van der Waals surface area (Å²) in [6.07, 6.45) is 3.80. The fourth-order valence-corrected chi connectivity index (χ4v) is 4.55. The molecule has 0 radical (unpaired) electrons. The molecule has 3 heterocycles. The van der Waals surface area contributed by atoms with Gasteiger partial charge in [0.05, 0.1) is 11.3 Å². The van der Waals surface area contributed by atoms with Gasteiger partial charge in [-0.1, -0.05) is 13.0 Å². The molecule has 2 aromatic heterocycles. The third-order valence-electron chi connectivity index (χ3n) is 5.46. The fraction of sp³-hybridized carbons (Fsp3) is 0.476. The van der Waals surface area contributed by atoms with Crippen LogP contribution in [0.3, 0.4) is 0 Å². The zero-order valence-electron chi connectivity index (χ0n) is 17.0. The summed E-state index contributed by atoms with van der Waals surface area (Å²) in [5.74, 6) is -0.244. The molecule has 0 unspecified atom stereocenters. The molecule has 6 nitrogen and oxygen atoms in total. The van der Waals surface area contributed by atoms with E-state index in [1.165, 1.54) is 15.3 Å². The standard InChI is InChI=1S/C21H28N4O2S/c1-5-15-6-7-16(23-10-15)11-25-9-8-17-18(13-28-19(17)12-25)21(27)24(4)14(2)20(26)22-3/h6-7,10,13-14H,5,8-9,11-12H2,1-4H3,(H,22,26)/t14-/m1/s1. The molecule has 0 aliphatic carbocycles. The maximum absolute atomic E-state index is 12.9. The Balaban J connectivity index is 1.68. The summed E-state index contributed by atoms with van der Waals surface area (Å²) in [4.78, 5) is 34.5. The second-order valence-electron chi connectivity index (χ2n) is 7.23. The normalized spacial score (nSPS) is 15.0. The Morgan fingerprint density at radius 3 is 2.82 bits per heavy atom. The summed E-state index contributed by atoms with van der Waals surface area (Å²) in [5, 5.41) is 4.54.